The van der Waals surface area contributed by atoms with Crippen molar-refractivity contribution in [2.45, 2.75) is 52.2 Å². The van der Waals surface area contributed by atoms with Crippen molar-refractivity contribution in [3.8, 4) is 0 Å². The van der Waals surface area contributed by atoms with Gasteiger partial charge in [0.25, 0.3) is 0 Å². The van der Waals surface area contributed by atoms with Gasteiger partial charge in [-0.2, -0.15) is 0 Å². The molecule has 0 aliphatic rings. The summed E-state index contributed by atoms with van der Waals surface area (Å²) in [5, 5.41) is 2.81. The number of anilines is 1. The van der Waals surface area contributed by atoms with E-state index in [9.17, 15) is 22.4 Å². The number of carbonyl (C=O) groups excluding carboxylic acids is 2. The van der Waals surface area contributed by atoms with Crippen molar-refractivity contribution in [1.29, 1.82) is 0 Å². The number of halogens is 1. The summed E-state index contributed by atoms with van der Waals surface area (Å²) in [6, 6.07) is 13.6. The first kappa shape index (κ1) is 26.3. The second-order valence-corrected chi connectivity index (χ2v) is 10.2. The predicted octanol–water partition coefficient (Wildman–Crippen LogP) is 3.31. The third-order valence-corrected chi connectivity index (χ3v) is 6.25. The molecule has 0 radical (unpaired) electrons. The van der Waals surface area contributed by atoms with E-state index in [1.807, 2.05) is 13.8 Å². The molecule has 0 spiro atoms. The molecular formula is C24H32FN3O4S. The lowest BCUT2D eigenvalue weighted by Gasteiger charge is -2.30. The molecular weight excluding hydrogens is 445 g/mol. The van der Waals surface area contributed by atoms with Crippen molar-refractivity contribution in [2.24, 2.45) is 0 Å². The SMILES string of the molecule is CC(C)NC(=O)[C@H](C)N(Cc1ccc(F)cc1)C(=O)CCCN(c1ccccc1)S(C)(=O)=O. The van der Waals surface area contributed by atoms with Crippen molar-refractivity contribution in [2.75, 3.05) is 17.1 Å². The average molecular weight is 478 g/mol. The summed E-state index contributed by atoms with van der Waals surface area (Å²) in [6.07, 6.45) is 1.46. The van der Waals surface area contributed by atoms with Crippen molar-refractivity contribution < 1.29 is 22.4 Å². The molecule has 0 fully saturated rings. The number of hydrogen-bond donors (Lipinski definition) is 1. The molecule has 0 aliphatic heterocycles. The molecule has 0 unspecified atom stereocenters. The summed E-state index contributed by atoms with van der Waals surface area (Å²) in [7, 11) is -3.52. The summed E-state index contributed by atoms with van der Waals surface area (Å²) >= 11 is 0. The van der Waals surface area contributed by atoms with E-state index in [0.29, 0.717) is 11.3 Å². The second-order valence-electron chi connectivity index (χ2n) is 8.26. The zero-order chi connectivity index (χ0) is 24.6. The summed E-state index contributed by atoms with van der Waals surface area (Å²) in [6.45, 7) is 5.58. The monoisotopic (exact) mass is 477 g/mol. The molecule has 2 aromatic rings. The number of sulfonamides is 1. The molecule has 0 saturated carbocycles. The number of nitrogens with zero attached hydrogens (tertiary/aromatic N) is 2. The maximum Gasteiger partial charge on any atom is 0.242 e. The van der Waals surface area contributed by atoms with E-state index in [2.05, 4.69) is 5.32 Å². The molecule has 0 heterocycles. The Labute approximate surface area is 195 Å². The standard InChI is InChI=1S/C24H32FN3O4S/c1-18(2)26-24(30)19(3)27(17-20-12-14-21(25)15-13-20)23(29)11-8-16-28(33(4,31)32)22-9-6-5-7-10-22/h5-7,9-10,12-15,18-19H,8,11,16-17H2,1-4H3,(H,26,30)/t19-/m0/s1. The van der Waals surface area contributed by atoms with Gasteiger partial charge in [0.05, 0.1) is 11.9 Å². The molecule has 0 aromatic heterocycles. The van der Waals surface area contributed by atoms with E-state index >= 15 is 0 Å². The van der Waals surface area contributed by atoms with E-state index < -0.39 is 16.1 Å². The quantitative estimate of drug-likeness (QED) is 0.538. The van der Waals surface area contributed by atoms with Gasteiger partial charge in [-0.3, -0.25) is 13.9 Å². The van der Waals surface area contributed by atoms with Crippen LogP contribution >= 0.6 is 0 Å². The van der Waals surface area contributed by atoms with Crippen LogP contribution in [-0.4, -0.2) is 50.0 Å². The smallest absolute Gasteiger partial charge is 0.242 e. The van der Waals surface area contributed by atoms with Crippen LogP contribution in [0.25, 0.3) is 0 Å². The predicted molar refractivity (Wildman–Crippen MR) is 128 cm³/mol. The van der Waals surface area contributed by atoms with E-state index in [-0.39, 0.29) is 49.6 Å². The van der Waals surface area contributed by atoms with Gasteiger partial charge in [-0.05, 0) is 57.0 Å². The van der Waals surface area contributed by atoms with E-state index in [0.717, 1.165) is 6.26 Å². The van der Waals surface area contributed by atoms with Crippen molar-refractivity contribution in [3.05, 3.63) is 66.0 Å². The first-order valence-electron chi connectivity index (χ1n) is 10.9. The molecule has 180 valence electrons. The van der Waals surface area contributed by atoms with E-state index in [1.54, 1.807) is 49.4 Å². The Morgan fingerprint density at radius 1 is 1.00 bits per heavy atom. The van der Waals surface area contributed by atoms with E-state index in [4.69, 9.17) is 0 Å². The number of para-hydroxylation sites is 1. The maximum atomic E-state index is 13.3. The Balaban J connectivity index is 2.14. The maximum absolute atomic E-state index is 13.3. The number of amides is 2. The van der Waals surface area contributed by atoms with Gasteiger partial charge >= 0.3 is 0 Å². The van der Waals surface area contributed by atoms with Gasteiger partial charge < -0.3 is 10.2 Å². The third kappa shape index (κ3) is 8.16. The largest absolute Gasteiger partial charge is 0.352 e. The molecule has 7 nitrogen and oxygen atoms in total. The first-order valence-corrected chi connectivity index (χ1v) is 12.7. The van der Waals surface area contributed by atoms with E-state index in [1.165, 1.54) is 21.3 Å². The molecule has 1 N–H and O–H groups in total. The minimum absolute atomic E-state index is 0.0549. The molecule has 9 heteroatoms. The lowest BCUT2D eigenvalue weighted by Crippen LogP contribution is -2.49. The van der Waals surface area contributed by atoms with Crippen LogP contribution < -0.4 is 9.62 Å². The third-order valence-electron chi connectivity index (χ3n) is 5.06. The average Bonchev–Trinajstić information content (AvgIpc) is 2.75. The molecule has 2 rings (SSSR count). The van der Waals surface area contributed by atoms with Crippen LogP contribution in [0.4, 0.5) is 10.1 Å². The van der Waals surface area contributed by atoms with Gasteiger partial charge in [0.1, 0.15) is 11.9 Å². The zero-order valence-electron chi connectivity index (χ0n) is 19.5. The topological polar surface area (TPSA) is 86.8 Å². The molecule has 1 atom stereocenters. The molecule has 2 amide bonds. The fourth-order valence-electron chi connectivity index (χ4n) is 3.37. The second kappa shape index (κ2) is 11.8. The Hall–Kier alpha value is -2.94. The Bertz CT molecular complexity index is 1030. The zero-order valence-corrected chi connectivity index (χ0v) is 20.3. The fraction of sp³-hybridized carbons (Fsp3) is 0.417. The highest BCUT2D eigenvalue weighted by Gasteiger charge is 2.27. The van der Waals surface area contributed by atoms with Crippen molar-refractivity contribution >= 4 is 27.5 Å². The molecule has 2 aromatic carbocycles. The highest BCUT2D eigenvalue weighted by molar-refractivity contribution is 7.92. The Morgan fingerprint density at radius 3 is 2.15 bits per heavy atom. The van der Waals surface area contributed by atoms with Crippen molar-refractivity contribution in [1.82, 2.24) is 10.2 Å². The summed E-state index contributed by atoms with van der Waals surface area (Å²) < 4.78 is 39.1. The number of benzene rings is 2. The van der Waals surface area contributed by atoms with Gasteiger partial charge in [0, 0.05) is 25.6 Å². The first-order chi connectivity index (χ1) is 15.5. The summed E-state index contributed by atoms with van der Waals surface area (Å²) in [4.78, 5) is 27.2. The van der Waals surface area contributed by atoms with Crippen LogP contribution in [0.1, 0.15) is 39.2 Å². The highest BCUT2D eigenvalue weighted by atomic mass is 32.2. The normalized spacial score (nSPS) is 12.3. The number of carbonyl (C=O) groups is 2. The highest BCUT2D eigenvalue weighted by Crippen LogP contribution is 2.18. The number of nitrogens with one attached hydrogen (secondary N) is 1. The molecule has 0 bridgehead atoms. The van der Waals surface area contributed by atoms with Gasteiger partial charge in [-0.25, -0.2) is 12.8 Å². The Morgan fingerprint density at radius 2 is 1.61 bits per heavy atom. The van der Waals surface area contributed by atoms with Crippen LogP contribution in [0.3, 0.4) is 0 Å². The van der Waals surface area contributed by atoms with Crippen LogP contribution in [0, 0.1) is 5.82 Å². The lowest BCUT2D eigenvalue weighted by atomic mass is 10.1. The van der Waals surface area contributed by atoms with Crippen molar-refractivity contribution in [3.63, 3.8) is 0 Å². The van der Waals surface area contributed by atoms with Gasteiger partial charge in [-0.15, -0.1) is 0 Å². The van der Waals surface area contributed by atoms with Crippen LogP contribution in [-0.2, 0) is 26.2 Å². The number of hydrogen-bond acceptors (Lipinski definition) is 4. The summed E-state index contributed by atoms with van der Waals surface area (Å²) in [5.74, 6) is -0.959. The van der Waals surface area contributed by atoms with Gasteiger partial charge in [0.15, 0.2) is 0 Å². The minimum Gasteiger partial charge on any atom is -0.352 e. The Kier molecular flexibility index (Phi) is 9.40. The van der Waals surface area contributed by atoms with Crippen LogP contribution in [0.2, 0.25) is 0 Å². The number of rotatable bonds is 11. The lowest BCUT2D eigenvalue weighted by molar-refractivity contribution is -0.140. The fourth-order valence-corrected chi connectivity index (χ4v) is 4.34. The molecule has 33 heavy (non-hydrogen) atoms. The van der Waals surface area contributed by atoms with Gasteiger partial charge in [0.2, 0.25) is 21.8 Å². The molecule has 0 saturated heterocycles. The van der Waals surface area contributed by atoms with Gasteiger partial charge in [-0.1, -0.05) is 30.3 Å². The molecule has 0 aliphatic carbocycles. The summed E-state index contributed by atoms with van der Waals surface area (Å²) in [5.41, 5.74) is 1.22. The minimum atomic E-state index is -3.52. The van der Waals surface area contributed by atoms with Crippen LogP contribution in [0.15, 0.2) is 54.6 Å². The van der Waals surface area contributed by atoms with Crippen LogP contribution in [0.5, 0.6) is 0 Å².